The number of ketones is 1. The minimum Gasteiger partial charge on any atom is -0.289 e. The first-order chi connectivity index (χ1) is 8.66. The van der Waals surface area contributed by atoms with E-state index in [4.69, 9.17) is 0 Å². The minimum absolute atomic E-state index is 0.0744. The quantitative estimate of drug-likeness (QED) is 0.603. The van der Waals surface area contributed by atoms with E-state index in [0.717, 1.165) is 5.56 Å². The Morgan fingerprint density at radius 2 is 1.83 bits per heavy atom. The van der Waals surface area contributed by atoms with Crippen LogP contribution in [0.15, 0.2) is 59.1 Å². The van der Waals surface area contributed by atoms with Crippen molar-refractivity contribution in [3.63, 3.8) is 0 Å². The van der Waals surface area contributed by atoms with Gasteiger partial charge in [-0.2, -0.15) is 0 Å². The van der Waals surface area contributed by atoms with Gasteiger partial charge in [0.1, 0.15) is 5.82 Å². The van der Waals surface area contributed by atoms with Crippen molar-refractivity contribution in [1.82, 2.24) is 0 Å². The third-order valence-electron chi connectivity index (χ3n) is 2.42. The zero-order valence-electron chi connectivity index (χ0n) is 9.44. The Balaban J connectivity index is 2.20. The largest absolute Gasteiger partial charge is 0.289 e. The molecule has 0 fully saturated rings. The molecule has 2 rings (SSSR count). The number of rotatable bonds is 3. The van der Waals surface area contributed by atoms with Crippen LogP contribution in [0.3, 0.4) is 0 Å². The zero-order chi connectivity index (χ0) is 13.0. The smallest absolute Gasteiger partial charge is 0.188 e. The number of hydrogen-bond acceptors (Lipinski definition) is 1. The van der Waals surface area contributed by atoms with E-state index in [2.05, 4.69) is 15.9 Å². The standard InChI is InChI=1S/C15H10BrFO/c16-12-7-8-13(14(17)10-12)15(18)9-6-11-4-2-1-3-5-11/h1-10H. The maximum Gasteiger partial charge on any atom is 0.188 e. The molecule has 0 radical (unpaired) electrons. The molecule has 0 aliphatic carbocycles. The highest BCUT2D eigenvalue weighted by Crippen LogP contribution is 2.16. The third kappa shape index (κ3) is 3.14. The number of allylic oxidation sites excluding steroid dienone is 1. The second-order valence-corrected chi connectivity index (χ2v) is 4.65. The summed E-state index contributed by atoms with van der Waals surface area (Å²) in [6, 6.07) is 13.8. The molecule has 0 saturated carbocycles. The van der Waals surface area contributed by atoms with Crippen molar-refractivity contribution in [2.24, 2.45) is 0 Å². The molecule has 3 heteroatoms. The molecule has 90 valence electrons. The topological polar surface area (TPSA) is 17.1 Å². The van der Waals surface area contributed by atoms with Crippen LogP contribution >= 0.6 is 15.9 Å². The second-order valence-electron chi connectivity index (χ2n) is 3.73. The summed E-state index contributed by atoms with van der Waals surface area (Å²) in [5.74, 6) is -0.865. The summed E-state index contributed by atoms with van der Waals surface area (Å²) >= 11 is 3.15. The summed E-state index contributed by atoms with van der Waals surface area (Å²) in [6.45, 7) is 0. The Kier molecular flexibility index (Phi) is 4.05. The van der Waals surface area contributed by atoms with E-state index in [1.54, 1.807) is 12.1 Å². The van der Waals surface area contributed by atoms with Gasteiger partial charge in [-0.05, 0) is 29.8 Å². The third-order valence-corrected chi connectivity index (χ3v) is 2.92. The van der Waals surface area contributed by atoms with E-state index in [-0.39, 0.29) is 11.3 Å². The number of hydrogen-bond donors (Lipinski definition) is 0. The Bertz CT molecular complexity index is 591. The summed E-state index contributed by atoms with van der Waals surface area (Å²) in [5, 5.41) is 0. The van der Waals surface area contributed by atoms with E-state index in [1.165, 1.54) is 18.2 Å². The molecule has 0 saturated heterocycles. The molecule has 2 aromatic carbocycles. The molecular formula is C15H10BrFO. The molecule has 0 aliphatic rings. The van der Waals surface area contributed by atoms with Gasteiger partial charge in [0.05, 0.1) is 5.56 Å². The predicted octanol–water partition coefficient (Wildman–Crippen LogP) is 4.48. The van der Waals surface area contributed by atoms with Gasteiger partial charge in [-0.25, -0.2) is 4.39 Å². The summed E-state index contributed by atoms with van der Waals surface area (Å²) in [7, 11) is 0. The van der Waals surface area contributed by atoms with Gasteiger partial charge >= 0.3 is 0 Å². The van der Waals surface area contributed by atoms with Crippen molar-refractivity contribution in [3.05, 3.63) is 76.0 Å². The van der Waals surface area contributed by atoms with Gasteiger partial charge in [0.25, 0.3) is 0 Å². The van der Waals surface area contributed by atoms with E-state index in [9.17, 15) is 9.18 Å². The van der Waals surface area contributed by atoms with Crippen LogP contribution in [0.4, 0.5) is 4.39 Å². The Morgan fingerprint density at radius 1 is 1.11 bits per heavy atom. The van der Waals surface area contributed by atoms with Crippen molar-refractivity contribution in [1.29, 1.82) is 0 Å². The molecule has 0 spiro atoms. The zero-order valence-corrected chi connectivity index (χ0v) is 11.0. The van der Waals surface area contributed by atoms with E-state index >= 15 is 0 Å². The molecule has 0 bridgehead atoms. The fourth-order valence-electron chi connectivity index (χ4n) is 1.52. The van der Waals surface area contributed by atoms with Gasteiger partial charge in [-0.3, -0.25) is 4.79 Å². The normalized spacial score (nSPS) is 10.8. The van der Waals surface area contributed by atoms with Crippen molar-refractivity contribution in [3.8, 4) is 0 Å². The molecule has 0 N–H and O–H groups in total. The molecule has 0 amide bonds. The van der Waals surface area contributed by atoms with Crippen molar-refractivity contribution in [2.45, 2.75) is 0 Å². The molecular weight excluding hydrogens is 295 g/mol. The van der Waals surface area contributed by atoms with E-state index in [1.807, 2.05) is 30.3 Å². The van der Waals surface area contributed by atoms with Gasteiger partial charge < -0.3 is 0 Å². The van der Waals surface area contributed by atoms with Crippen LogP contribution in [0, 0.1) is 5.82 Å². The molecule has 18 heavy (non-hydrogen) atoms. The summed E-state index contributed by atoms with van der Waals surface area (Å²) in [4.78, 5) is 11.8. The Hall–Kier alpha value is -1.74. The molecule has 2 aromatic rings. The van der Waals surface area contributed by atoms with Crippen LogP contribution in [0.1, 0.15) is 15.9 Å². The highest BCUT2D eigenvalue weighted by molar-refractivity contribution is 9.10. The predicted molar refractivity (Wildman–Crippen MR) is 73.9 cm³/mol. The van der Waals surface area contributed by atoms with Crippen molar-refractivity contribution >= 4 is 27.8 Å². The van der Waals surface area contributed by atoms with Crippen LogP contribution in [-0.2, 0) is 0 Å². The monoisotopic (exact) mass is 304 g/mol. The fourth-order valence-corrected chi connectivity index (χ4v) is 1.85. The average molecular weight is 305 g/mol. The van der Waals surface area contributed by atoms with Gasteiger partial charge in [0, 0.05) is 4.47 Å². The van der Waals surface area contributed by atoms with Crippen molar-refractivity contribution < 1.29 is 9.18 Å². The van der Waals surface area contributed by atoms with E-state index < -0.39 is 5.82 Å². The summed E-state index contributed by atoms with van der Waals surface area (Å²) in [6.07, 6.45) is 3.05. The lowest BCUT2D eigenvalue weighted by Gasteiger charge is -1.99. The Labute approximate surface area is 113 Å². The first kappa shape index (κ1) is 12.7. The average Bonchev–Trinajstić information content (AvgIpc) is 2.37. The first-order valence-electron chi connectivity index (χ1n) is 5.39. The minimum atomic E-state index is -0.521. The molecule has 0 unspecified atom stereocenters. The molecule has 0 heterocycles. The van der Waals surface area contributed by atoms with Gasteiger partial charge in [-0.1, -0.05) is 52.3 Å². The van der Waals surface area contributed by atoms with Gasteiger partial charge in [0.2, 0.25) is 0 Å². The maximum atomic E-state index is 13.5. The second kappa shape index (κ2) is 5.74. The van der Waals surface area contributed by atoms with Crippen LogP contribution in [0.5, 0.6) is 0 Å². The number of carbonyl (C=O) groups excluding carboxylic acids is 1. The molecule has 0 aliphatic heterocycles. The lowest BCUT2D eigenvalue weighted by Crippen LogP contribution is -1.98. The van der Waals surface area contributed by atoms with Gasteiger partial charge in [0.15, 0.2) is 5.78 Å². The SMILES string of the molecule is O=C(C=Cc1ccccc1)c1ccc(Br)cc1F. The van der Waals surface area contributed by atoms with E-state index in [0.29, 0.717) is 4.47 Å². The number of carbonyl (C=O) groups is 1. The number of halogens is 2. The van der Waals surface area contributed by atoms with Crippen molar-refractivity contribution in [2.75, 3.05) is 0 Å². The molecule has 1 nitrogen and oxygen atoms in total. The maximum absolute atomic E-state index is 13.5. The van der Waals surface area contributed by atoms with Crippen LogP contribution in [0.2, 0.25) is 0 Å². The van der Waals surface area contributed by atoms with Crippen LogP contribution < -0.4 is 0 Å². The first-order valence-corrected chi connectivity index (χ1v) is 6.18. The Morgan fingerprint density at radius 3 is 2.50 bits per heavy atom. The lowest BCUT2D eigenvalue weighted by atomic mass is 10.1. The lowest BCUT2D eigenvalue weighted by molar-refractivity contribution is 0.104. The number of benzene rings is 2. The summed E-state index contributed by atoms with van der Waals surface area (Å²) < 4.78 is 14.2. The highest BCUT2D eigenvalue weighted by Gasteiger charge is 2.08. The highest BCUT2D eigenvalue weighted by atomic mass is 79.9. The summed E-state index contributed by atoms with van der Waals surface area (Å²) in [5.41, 5.74) is 0.980. The van der Waals surface area contributed by atoms with Crippen LogP contribution in [-0.4, -0.2) is 5.78 Å². The molecule has 0 aromatic heterocycles. The fraction of sp³-hybridized carbons (Fsp3) is 0. The van der Waals surface area contributed by atoms with Gasteiger partial charge in [-0.15, -0.1) is 0 Å². The molecule has 0 atom stereocenters. The van der Waals surface area contributed by atoms with Crippen LogP contribution in [0.25, 0.3) is 6.08 Å².